The molecule has 2 rings (SSSR count). The van der Waals surface area contributed by atoms with E-state index in [0.29, 0.717) is 18.3 Å². The maximum Gasteiger partial charge on any atom is 0.271 e. The first-order chi connectivity index (χ1) is 8.99. The molecule has 0 radical (unpaired) electrons. The van der Waals surface area contributed by atoms with Crippen LogP contribution in [-0.2, 0) is 0 Å². The van der Waals surface area contributed by atoms with E-state index in [-0.39, 0.29) is 28.6 Å². The molecule has 0 aromatic carbocycles. The Morgan fingerprint density at radius 1 is 1.58 bits per heavy atom. The van der Waals surface area contributed by atoms with Crippen LogP contribution in [0, 0.1) is 5.92 Å². The van der Waals surface area contributed by atoms with Crippen molar-refractivity contribution in [3.63, 3.8) is 0 Å². The van der Waals surface area contributed by atoms with Crippen LogP contribution in [0.5, 0.6) is 0 Å². The van der Waals surface area contributed by atoms with Crippen LogP contribution < -0.4 is 11.1 Å². The second kappa shape index (κ2) is 5.84. The molecule has 1 aliphatic carbocycles. The Morgan fingerprint density at radius 3 is 2.84 bits per heavy atom. The fourth-order valence-electron chi connectivity index (χ4n) is 1.80. The van der Waals surface area contributed by atoms with Crippen molar-refractivity contribution >= 4 is 17.5 Å². The molecule has 0 bridgehead atoms. The molecular formula is C13H19ClN4O. The van der Waals surface area contributed by atoms with Crippen LogP contribution >= 0.6 is 11.6 Å². The summed E-state index contributed by atoms with van der Waals surface area (Å²) in [6.45, 7) is 4.39. The third-order valence-corrected chi connectivity index (χ3v) is 3.50. The predicted octanol–water partition coefficient (Wildman–Crippen LogP) is 1.72. The lowest BCUT2D eigenvalue weighted by atomic mass is 10.2. The van der Waals surface area contributed by atoms with Crippen LogP contribution in [0.3, 0.4) is 0 Å². The lowest BCUT2D eigenvalue weighted by Gasteiger charge is -2.12. The molecule has 5 nitrogen and oxygen atoms in total. The van der Waals surface area contributed by atoms with Crippen molar-refractivity contribution in [2.45, 2.75) is 38.6 Å². The van der Waals surface area contributed by atoms with Gasteiger partial charge in [-0.3, -0.25) is 4.79 Å². The summed E-state index contributed by atoms with van der Waals surface area (Å²) in [6, 6.07) is 0.0223. The van der Waals surface area contributed by atoms with Crippen molar-refractivity contribution in [2.75, 3.05) is 6.54 Å². The minimum atomic E-state index is -0.287. The van der Waals surface area contributed by atoms with E-state index in [1.54, 1.807) is 0 Å². The van der Waals surface area contributed by atoms with Gasteiger partial charge in [-0.25, -0.2) is 9.97 Å². The standard InChI is InChI=1S/C13H19ClN4O/c1-7(2)12-16-5-9(14)11(18-12)13(19)17-6-10(15)8-3-4-8/h5,7-8,10H,3-4,6,15H2,1-2H3,(H,17,19). The summed E-state index contributed by atoms with van der Waals surface area (Å²) in [5, 5.41) is 3.05. The second-order valence-electron chi connectivity index (χ2n) is 5.29. The molecule has 1 saturated carbocycles. The second-order valence-corrected chi connectivity index (χ2v) is 5.70. The summed E-state index contributed by atoms with van der Waals surface area (Å²) < 4.78 is 0. The van der Waals surface area contributed by atoms with Gasteiger partial charge in [0.05, 0.1) is 11.2 Å². The van der Waals surface area contributed by atoms with E-state index in [0.717, 1.165) is 12.8 Å². The molecule has 1 amide bonds. The van der Waals surface area contributed by atoms with Gasteiger partial charge in [0.1, 0.15) is 11.5 Å². The largest absolute Gasteiger partial charge is 0.349 e. The summed E-state index contributed by atoms with van der Waals surface area (Å²) in [5.74, 6) is 1.02. The molecule has 3 N–H and O–H groups in total. The molecule has 19 heavy (non-hydrogen) atoms. The number of nitrogens with zero attached hydrogens (tertiary/aromatic N) is 2. The summed E-state index contributed by atoms with van der Waals surface area (Å²) in [7, 11) is 0. The molecular weight excluding hydrogens is 264 g/mol. The van der Waals surface area contributed by atoms with Gasteiger partial charge in [-0.2, -0.15) is 0 Å². The fourth-order valence-corrected chi connectivity index (χ4v) is 1.98. The molecule has 1 aromatic heterocycles. The van der Waals surface area contributed by atoms with Gasteiger partial charge in [0.15, 0.2) is 0 Å². The highest BCUT2D eigenvalue weighted by Gasteiger charge is 2.28. The number of carbonyl (C=O) groups excluding carboxylic acids is 1. The van der Waals surface area contributed by atoms with Gasteiger partial charge in [-0.1, -0.05) is 25.4 Å². The number of halogens is 1. The average Bonchev–Trinajstić information content (AvgIpc) is 3.20. The predicted molar refractivity (Wildman–Crippen MR) is 74.2 cm³/mol. The highest BCUT2D eigenvalue weighted by molar-refractivity contribution is 6.33. The molecule has 104 valence electrons. The molecule has 1 atom stereocenters. The summed E-state index contributed by atoms with van der Waals surface area (Å²) >= 11 is 5.97. The number of aromatic nitrogens is 2. The lowest BCUT2D eigenvalue weighted by molar-refractivity contribution is 0.0945. The normalized spacial score (nSPS) is 16.5. The van der Waals surface area contributed by atoms with E-state index in [4.69, 9.17) is 17.3 Å². The third-order valence-electron chi connectivity index (χ3n) is 3.22. The summed E-state index contributed by atoms with van der Waals surface area (Å²) in [6.07, 6.45) is 3.78. The zero-order chi connectivity index (χ0) is 14.0. The van der Waals surface area contributed by atoms with Crippen molar-refractivity contribution in [3.8, 4) is 0 Å². The Morgan fingerprint density at radius 2 is 2.26 bits per heavy atom. The van der Waals surface area contributed by atoms with Crippen molar-refractivity contribution in [1.82, 2.24) is 15.3 Å². The number of hydrogen-bond acceptors (Lipinski definition) is 4. The van der Waals surface area contributed by atoms with E-state index in [9.17, 15) is 4.79 Å². The van der Waals surface area contributed by atoms with Crippen LogP contribution in [0.4, 0.5) is 0 Å². The minimum Gasteiger partial charge on any atom is -0.349 e. The number of amides is 1. The topological polar surface area (TPSA) is 80.9 Å². The minimum absolute atomic E-state index is 0.0223. The fraction of sp³-hybridized carbons (Fsp3) is 0.615. The van der Waals surface area contributed by atoms with Gasteiger partial charge in [-0.15, -0.1) is 0 Å². The monoisotopic (exact) mass is 282 g/mol. The van der Waals surface area contributed by atoms with Crippen molar-refractivity contribution in [1.29, 1.82) is 0 Å². The van der Waals surface area contributed by atoms with E-state index in [1.807, 2.05) is 13.8 Å². The maximum atomic E-state index is 12.0. The van der Waals surface area contributed by atoms with E-state index >= 15 is 0 Å². The van der Waals surface area contributed by atoms with Crippen LogP contribution in [0.1, 0.15) is 48.9 Å². The smallest absolute Gasteiger partial charge is 0.271 e. The van der Waals surface area contributed by atoms with Gasteiger partial charge in [0.25, 0.3) is 5.91 Å². The van der Waals surface area contributed by atoms with Gasteiger partial charge < -0.3 is 11.1 Å². The molecule has 1 aliphatic rings. The maximum absolute atomic E-state index is 12.0. The van der Waals surface area contributed by atoms with Gasteiger partial charge >= 0.3 is 0 Å². The molecule has 1 heterocycles. The number of nitrogens with two attached hydrogens (primary N) is 1. The summed E-state index contributed by atoms with van der Waals surface area (Å²) in [5.41, 5.74) is 6.17. The van der Waals surface area contributed by atoms with Gasteiger partial charge in [-0.05, 0) is 18.8 Å². The van der Waals surface area contributed by atoms with Crippen LogP contribution in [0.15, 0.2) is 6.20 Å². The van der Waals surface area contributed by atoms with Gasteiger partial charge in [0.2, 0.25) is 0 Å². The van der Waals surface area contributed by atoms with Crippen LogP contribution in [-0.4, -0.2) is 28.5 Å². The molecule has 0 spiro atoms. The van der Waals surface area contributed by atoms with E-state index in [1.165, 1.54) is 6.20 Å². The Labute approximate surface area is 118 Å². The number of nitrogens with one attached hydrogen (secondary N) is 1. The zero-order valence-corrected chi connectivity index (χ0v) is 11.9. The van der Waals surface area contributed by atoms with Crippen LogP contribution in [0.25, 0.3) is 0 Å². The highest BCUT2D eigenvalue weighted by atomic mass is 35.5. The Kier molecular flexibility index (Phi) is 4.37. The molecule has 0 saturated heterocycles. The number of rotatable bonds is 5. The quantitative estimate of drug-likeness (QED) is 0.862. The molecule has 0 aliphatic heterocycles. The Balaban J connectivity index is 2.02. The van der Waals surface area contributed by atoms with E-state index < -0.39 is 0 Å². The number of hydrogen-bond donors (Lipinski definition) is 2. The molecule has 6 heteroatoms. The van der Waals surface area contributed by atoms with Crippen molar-refractivity contribution < 1.29 is 4.79 Å². The van der Waals surface area contributed by atoms with Crippen LogP contribution in [0.2, 0.25) is 5.02 Å². The zero-order valence-electron chi connectivity index (χ0n) is 11.2. The van der Waals surface area contributed by atoms with E-state index in [2.05, 4.69) is 15.3 Å². The molecule has 1 unspecified atom stereocenters. The summed E-state index contributed by atoms with van der Waals surface area (Å²) in [4.78, 5) is 20.4. The van der Waals surface area contributed by atoms with Crippen molar-refractivity contribution in [3.05, 3.63) is 22.7 Å². The molecule has 1 aromatic rings. The first-order valence-corrected chi connectivity index (χ1v) is 6.93. The van der Waals surface area contributed by atoms with Gasteiger partial charge in [0, 0.05) is 18.5 Å². The van der Waals surface area contributed by atoms with Crippen molar-refractivity contribution in [2.24, 2.45) is 11.7 Å². The Hall–Kier alpha value is -1.20. The first-order valence-electron chi connectivity index (χ1n) is 6.55. The average molecular weight is 283 g/mol. The highest BCUT2D eigenvalue weighted by Crippen LogP contribution is 2.31. The SMILES string of the molecule is CC(C)c1ncc(Cl)c(C(=O)NCC(N)C2CC2)n1. The number of carbonyl (C=O) groups is 1. The molecule has 1 fully saturated rings. The Bertz CT molecular complexity index is 474. The third kappa shape index (κ3) is 3.64. The first kappa shape index (κ1) is 14.2. The lowest BCUT2D eigenvalue weighted by Crippen LogP contribution is -2.39.